The molecule has 0 aliphatic heterocycles. The molecule has 1 aliphatic rings. The van der Waals surface area contributed by atoms with Crippen LogP contribution in [0, 0.1) is 11.8 Å². The monoisotopic (exact) mass is 378 g/mol. The Bertz CT molecular complexity index is 605. The number of ether oxygens (including phenoxy) is 4. The Balaban J connectivity index is 2.08. The van der Waals surface area contributed by atoms with Gasteiger partial charge in [0, 0.05) is 0 Å². The smallest absolute Gasteiger partial charge is 0.315 e. The molecule has 2 unspecified atom stereocenters. The largest absolute Gasteiger partial charge is 0.493 e. The molecule has 1 aromatic carbocycles. The highest BCUT2D eigenvalue weighted by Gasteiger charge is 2.38. The van der Waals surface area contributed by atoms with E-state index in [9.17, 15) is 9.59 Å². The molecule has 6 nitrogen and oxygen atoms in total. The Hall–Kier alpha value is -2.24. The molecule has 1 saturated carbocycles. The first kappa shape index (κ1) is 21.1. The number of benzene rings is 1. The Morgan fingerprint density at radius 3 is 2.11 bits per heavy atom. The Labute approximate surface area is 161 Å². The second-order valence-electron chi connectivity index (χ2n) is 6.78. The van der Waals surface area contributed by atoms with Crippen LogP contribution in [0.5, 0.6) is 17.2 Å². The van der Waals surface area contributed by atoms with Crippen LogP contribution in [0.2, 0.25) is 0 Å². The van der Waals surface area contributed by atoms with E-state index in [1.54, 1.807) is 18.2 Å². The number of carbonyl (C=O) groups excluding carboxylic acids is 2. The Morgan fingerprint density at radius 2 is 1.56 bits per heavy atom. The maximum absolute atomic E-state index is 12.9. The van der Waals surface area contributed by atoms with E-state index in [2.05, 4.69) is 6.92 Å². The summed E-state index contributed by atoms with van der Waals surface area (Å²) in [5.74, 6) is -0.615. The van der Waals surface area contributed by atoms with Crippen LogP contribution in [0.25, 0.3) is 0 Å². The topological polar surface area (TPSA) is 71.1 Å². The summed E-state index contributed by atoms with van der Waals surface area (Å²) in [5, 5.41) is 0. The van der Waals surface area contributed by atoms with Crippen molar-refractivity contribution in [2.45, 2.75) is 51.9 Å². The zero-order chi connectivity index (χ0) is 19.6. The molecule has 0 spiro atoms. The third kappa shape index (κ3) is 5.62. The van der Waals surface area contributed by atoms with Gasteiger partial charge in [-0.1, -0.05) is 38.7 Å². The second kappa shape index (κ2) is 10.8. The summed E-state index contributed by atoms with van der Waals surface area (Å²) in [6.07, 6.45) is 6.01. The maximum atomic E-state index is 12.9. The van der Waals surface area contributed by atoms with E-state index in [1.807, 2.05) is 0 Å². The van der Waals surface area contributed by atoms with Crippen molar-refractivity contribution in [1.29, 1.82) is 0 Å². The normalized spacial score (nSPS) is 19.2. The van der Waals surface area contributed by atoms with Crippen LogP contribution in [0.15, 0.2) is 18.2 Å². The molecule has 150 valence electrons. The molecule has 0 aromatic heterocycles. The summed E-state index contributed by atoms with van der Waals surface area (Å²) < 4.78 is 21.6. The molecule has 0 bridgehead atoms. The van der Waals surface area contributed by atoms with Crippen molar-refractivity contribution in [2.75, 3.05) is 20.8 Å². The fraction of sp³-hybridized carbons (Fsp3) is 0.619. The van der Waals surface area contributed by atoms with Crippen LogP contribution in [0.1, 0.15) is 51.9 Å². The molecule has 2 rings (SSSR count). The minimum atomic E-state index is -0.507. The number of hydrogen-bond donors (Lipinski definition) is 0. The predicted octanol–water partition coefficient (Wildman–Crippen LogP) is 4.15. The van der Waals surface area contributed by atoms with Gasteiger partial charge in [-0.3, -0.25) is 9.59 Å². The Morgan fingerprint density at radius 1 is 0.963 bits per heavy atom. The number of esters is 2. The lowest BCUT2D eigenvalue weighted by Gasteiger charge is -2.28. The van der Waals surface area contributed by atoms with E-state index in [4.69, 9.17) is 18.9 Å². The molecule has 0 radical (unpaired) electrons. The van der Waals surface area contributed by atoms with E-state index in [0.717, 1.165) is 32.1 Å². The molecule has 0 saturated heterocycles. The fourth-order valence-electron chi connectivity index (χ4n) is 3.42. The summed E-state index contributed by atoms with van der Waals surface area (Å²) in [5.41, 5.74) is 0. The summed E-state index contributed by atoms with van der Waals surface area (Å²) in [6, 6.07) is 5.16. The predicted molar refractivity (Wildman–Crippen MR) is 101 cm³/mol. The number of carbonyl (C=O) groups is 2. The van der Waals surface area contributed by atoms with Gasteiger partial charge in [-0.05, 0) is 31.4 Å². The van der Waals surface area contributed by atoms with Gasteiger partial charge in [-0.25, -0.2) is 0 Å². The lowest BCUT2D eigenvalue weighted by molar-refractivity contribution is -0.158. The number of rotatable bonds is 9. The van der Waals surface area contributed by atoms with Crippen LogP contribution in [-0.4, -0.2) is 32.8 Å². The van der Waals surface area contributed by atoms with Crippen LogP contribution in [0.4, 0.5) is 0 Å². The van der Waals surface area contributed by atoms with Gasteiger partial charge in [-0.2, -0.15) is 0 Å². The van der Waals surface area contributed by atoms with Crippen LogP contribution in [0.3, 0.4) is 0 Å². The minimum absolute atomic E-state index is 0.244. The highest BCUT2D eigenvalue weighted by molar-refractivity contribution is 5.84. The lowest BCUT2D eigenvalue weighted by Crippen LogP contribution is -2.36. The van der Waals surface area contributed by atoms with E-state index in [1.165, 1.54) is 14.2 Å². The van der Waals surface area contributed by atoms with Gasteiger partial charge in [-0.15, -0.1) is 0 Å². The van der Waals surface area contributed by atoms with Crippen molar-refractivity contribution in [1.82, 2.24) is 0 Å². The first-order valence-electron chi connectivity index (χ1n) is 9.71. The standard InChI is InChI=1S/C21H30O6/c1-4-5-8-14-26-20(22)15-10-6-7-11-16(15)21(23)27-19-17(24-2)12-9-13-18(19)25-3/h9,12-13,15-16H,4-8,10-11,14H2,1-3H3. The number of unbranched alkanes of at least 4 members (excludes halogenated alkanes) is 2. The van der Waals surface area contributed by atoms with E-state index >= 15 is 0 Å². The third-order valence-corrected chi connectivity index (χ3v) is 4.95. The van der Waals surface area contributed by atoms with Gasteiger partial charge < -0.3 is 18.9 Å². The Kier molecular flexibility index (Phi) is 8.43. The van der Waals surface area contributed by atoms with E-state index in [-0.39, 0.29) is 11.7 Å². The zero-order valence-electron chi connectivity index (χ0n) is 16.5. The first-order chi connectivity index (χ1) is 13.1. The molecule has 0 N–H and O–H groups in total. The molecule has 6 heteroatoms. The van der Waals surface area contributed by atoms with E-state index in [0.29, 0.717) is 30.9 Å². The minimum Gasteiger partial charge on any atom is -0.493 e. The first-order valence-corrected chi connectivity index (χ1v) is 9.71. The van der Waals surface area contributed by atoms with Gasteiger partial charge in [0.1, 0.15) is 0 Å². The van der Waals surface area contributed by atoms with Crippen LogP contribution >= 0.6 is 0 Å². The van der Waals surface area contributed by atoms with Crippen molar-refractivity contribution < 1.29 is 28.5 Å². The number of methoxy groups -OCH3 is 2. The molecule has 0 amide bonds. The van der Waals surface area contributed by atoms with Crippen LogP contribution < -0.4 is 14.2 Å². The van der Waals surface area contributed by atoms with Crippen molar-refractivity contribution in [2.24, 2.45) is 11.8 Å². The molecule has 1 fully saturated rings. The average Bonchev–Trinajstić information content (AvgIpc) is 2.71. The number of hydrogen-bond acceptors (Lipinski definition) is 6. The summed E-state index contributed by atoms with van der Waals surface area (Å²) >= 11 is 0. The van der Waals surface area contributed by atoms with Gasteiger partial charge in [0.2, 0.25) is 5.75 Å². The van der Waals surface area contributed by atoms with Crippen molar-refractivity contribution in [3.63, 3.8) is 0 Å². The third-order valence-electron chi connectivity index (χ3n) is 4.95. The second-order valence-corrected chi connectivity index (χ2v) is 6.78. The molecular weight excluding hydrogens is 348 g/mol. The van der Waals surface area contributed by atoms with Gasteiger partial charge in [0.15, 0.2) is 11.5 Å². The quantitative estimate of drug-likeness (QED) is 0.365. The fourth-order valence-corrected chi connectivity index (χ4v) is 3.42. The number of para-hydroxylation sites is 1. The molecule has 2 atom stereocenters. The van der Waals surface area contributed by atoms with Gasteiger partial charge >= 0.3 is 11.9 Å². The average molecular weight is 378 g/mol. The summed E-state index contributed by atoms with van der Waals surface area (Å²) in [7, 11) is 3.01. The molecule has 27 heavy (non-hydrogen) atoms. The molecule has 1 aromatic rings. The lowest BCUT2D eigenvalue weighted by atomic mass is 9.79. The SMILES string of the molecule is CCCCCOC(=O)C1CCCCC1C(=O)Oc1c(OC)cccc1OC. The molecule has 1 aliphatic carbocycles. The van der Waals surface area contributed by atoms with Crippen molar-refractivity contribution in [3.8, 4) is 17.2 Å². The van der Waals surface area contributed by atoms with Crippen LogP contribution in [-0.2, 0) is 14.3 Å². The highest BCUT2D eigenvalue weighted by Crippen LogP contribution is 2.39. The molecular formula is C21H30O6. The highest BCUT2D eigenvalue weighted by atomic mass is 16.6. The summed E-state index contributed by atoms with van der Waals surface area (Å²) in [6.45, 7) is 2.51. The maximum Gasteiger partial charge on any atom is 0.315 e. The van der Waals surface area contributed by atoms with E-state index < -0.39 is 17.8 Å². The van der Waals surface area contributed by atoms with Gasteiger partial charge in [0.05, 0.1) is 32.7 Å². The van der Waals surface area contributed by atoms with Crippen molar-refractivity contribution >= 4 is 11.9 Å². The zero-order valence-corrected chi connectivity index (χ0v) is 16.5. The van der Waals surface area contributed by atoms with Crippen molar-refractivity contribution in [3.05, 3.63) is 18.2 Å². The molecule has 0 heterocycles. The van der Waals surface area contributed by atoms with Gasteiger partial charge in [0.25, 0.3) is 0 Å². The summed E-state index contributed by atoms with van der Waals surface area (Å²) in [4.78, 5) is 25.3.